The second-order valence-corrected chi connectivity index (χ2v) is 7.09. The fourth-order valence-electron chi connectivity index (χ4n) is 2.77. The Hall–Kier alpha value is -1.92. The van der Waals surface area contributed by atoms with Crippen molar-refractivity contribution < 1.29 is 9.59 Å². The summed E-state index contributed by atoms with van der Waals surface area (Å²) in [6.45, 7) is 3.00. The predicted molar refractivity (Wildman–Crippen MR) is 95.6 cm³/mol. The number of hydrogen-bond donors (Lipinski definition) is 1. The number of carbonyl (C=O) groups excluding carboxylic acids is 2. The van der Waals surface area contributed by atoms with Crippen molar-refractivity contribution in [3.63, 3.8) is 0 Å². The second kappa shape index (κ2) is 7.32. The molecule has 24 heavy (non-hydrogen) atoms. The minimum atomic E-state index is -0.0931. The zero-order valence-corrected chi connectivity index (χ0v) is 14.9. The number of aromatic nitrogens is 1. The van der Waals surface area contributed by atoms with Gasteiger partial charge in [0.1, 0.15) is 0 Å². The molecule has 7 heteroatoms. The Morgan fingerprint density at radius 3 is 2.62 bits per heavy atom. The van der Waals surface area contributed by atoms with Gasteiger partial charge in [0.05, 0.1) is 16.3 Å². The molecule has 0 atom stereocenters. The van der Waals surface area contributed by atoms with Gasteiger partial charge in [-0.3, -0.25) is 9.59 Å². The molecule has 1 aliphatic heterocycles. The molecule has 2 aromatic rings. The van der Waals surface area contributed by atoms with Crippen molar-refractivity contribution in [2.24, 2.45) is 5.92 Å². The first-order valence-corrected chi connectivity index (χ1v) is 9.07. The number of benzene rings is 1. The molecule has 1 aliphatic rings. The van der Waals surface area contributed by atoms with E-state index in [1.165, 1.54) is 11.3 Å². The van der Waals surface area contributed by atoms with Gasteiger partial charge in [0.15, 0.2) is 5.13 Å². The number of likely N-dealkylation sites (tertiary alicyclic amines) is 1. The number of nitrogens with zero attached hydrogens (tertiary/aromatic N) is 2. The third kappa shape index (κ3) is 3.76. The van der Waals surface area contributed by atoms with E-state index in [1.54, 1.807) is 29.2 Å². The molecule has 2 amide bonds. The standard InChI is InChI=1S/C17H18ClN3O2S/c1-11-10-24-17(19-11)20-15(22)12-6-8-21(9-7-12)16(23)13-4-2-3-5-14(13)18/h2-5,10,12H,6-9H2,1H3,(H,19,20,22). The second-order valence-electron chi connectivity index (χ2n) is 5.83. The van der Waals surface area contributed by atoms with Gasteiger partial charge in [0.2, 0.25) is 5.91 Å². The molecule has 5 nitrogen and oxygen atoms in total. The first-order chi connectivity index (χ1) is 11.5. The summed E-state index contributed by atoms with van der Waals surface area (Å²) < 4.78 is 0. The summed E-state index contributed by atoms with van der Waals surface area (Å²) in [5.41, 5.74) is 1.41. The van der Waals surface area contributed by atoms with Crippen LogP contribution in [0.15, 0.2) is 29.6 Å². The van der Waals surface area contributed by atoms with E-state index >= 15 is 0 Å². The van der Waals surface area contributed by atoms with E-state index in [9.17, 15) is 9.59 Å². The molecule has 0 aliphatic carbocycles. The normalized spacial score (nSPS) is 15.3. The van der Waals surface area contributed by atoms with Crippen molar-refractivity contribution in [3.8, 4) is 0 Å². The van der Waals surface area contributed by atoms with Crippen LogP contribution in [0, 0.1) is 12.8 Å². The number of piperidine rings is 1. The minimum absolute atomic E-state index is 0.0193. The maximum Gasteiger partial charge on any atom is 0.255 e. The van der Waals surface area contributed by atoms with E-state index in [-0.39, 0.29) is 17.7 Å². The van der Waals surface area contributed by atoms with Gasteiger partial charge in [-0.1, -0.05) is 23.7 Å². The molecule has 0 spiro atoms. The molecule has 126 valence electrons. The lowest BCUT2D eigenvalue weighted by Gasteiger charge is -2.31. The number of halogens is 1. The largest absolute Gasteiger partial charge is 0.339 e. The van der Waals surface area contributed by atoms with Crippen LogP contribution < -0.4 is 5.32 Å². The van der Waals surface area contributed by atoms with Crippen LogP contribution in [0.25, 0.3) is 0 Å². The molecule has 1 saturated heterocycles. The van der Waals surface area contributed by atoms with Crippen LogP contribution in [-0.4, -0.2) is 34.8 Å². The lowest BCUT2D eigenvalue weighted by molar-refractivity contribution is -0.121. The molecule has 2 heterocycles. The number of rotatable bonds is 3. The van der Waals surface area contributed by atoms with Crippen LogP contribution in [0.2, 0.25) is 5.02 Å². The smallest absolute Gasteiger partial charge is 0.255 e. The lowest BCUT2D eigenvalue weighted by atomic mass is 9.95. The maximum atomic E-state index is 12.5. The van der Waals surface area contributed by atoms with Gasteiger partial charge >= 0.3 is 0 Å². The van der Waals surface area contributed by atoms with E-state index in [2.05, 4.69) is 10.3 Å². The number of aryl methyl sites for hydroxylation is 1. The van der Waals surface area contributed by atoms with Gasteiger partial charge in [0.25, 0.3) is 5.91 Å². The average molecular weight is 364 g/mol. The zero-order chi connectivity index (χ0) is 17.1. The number of thiazole rings is 1. The SMILES string of the molecule is Cc1csc(NC(=O)C2CCN(C(=O)c3ccccc3Cl)CC2)n1. The quantitative estimate of drug-likeness (QED) is 0.906. The molecule has 0 radical (unpaired) electrons. The molecular formula is C17H18ClN3O2S. The van der Waals surface area contributed by atoms with E-state index in [0.717, 1.165) is 5.69 Å². The Bertz CT molecular complexity index is 754. The molecule has 0 saturated carbocycles. The van der Waals surface area contributed by atoms with Crippen LogP contribution in [0.3, 0.4) is 0 Å². The highest BCUT2D eigenvalue weighted by molar-refractivity contribution is 7.13. The van der Waals surface area contributed by atoms with Crippen molar-refractivity contribution in [2.75, 3.05) is 18.4 Å². The van der Waals surface area contributed by atoms with Crippen molar-refractivity contribution in [1.29, 1.82) is 0 Å². The van der Waals surface area contributed by atoms with E-state index in [0.29, 0.717) is 41.6 Å². The highest BCUT2D eigenvalue weighted by Gasteiger charge is 2.28. The van der Waals surface area contributed by atoms with E-state index in [1.807, 2.05) is 12.3 Å². The Morgan fingerprint density at radius 2 is 2.00 bits per heavy atom. The number of amides is 2. The summed E-state index contributed by atoms with van der Waals surface area (Å²) in [7, 11) is 0. The van der Waals surface area contributed by atoms with Crippen LogP contribution in [0.4, 0.5) is 5.13 Å². The zero-order valence-electron chi connectivity index (χ0n) is 13.3. The molecule has 1 N–H and O–H groups in total. The monoisotopic (exact) mass is 363 g/mol. The molecule has 1 aromatic heterocycles. The van der Waals surface area contributed by atoms with Crippen molar-refractivity contribution >= 4 is 39.9 Å². The number of hydrogen-bond acceptors (Lipinski definition) is 4. The van der Waals surface area contributed by atoms with E-state index < -0.39 is 0 Å². The Labute approximate surface area is 149 Å². The molecule has 1 fully saturated rings. The molecule has 1 aromatic carbocycles. The first-order valence-electron chi connectivity index (χ1n) is 7.81. The van der Waals surface area contributed by atoms with Crippen molar-refractivity contribution in [3.05, 3.63) is 45.9 Å². The third-order valence-corrected chi connectivity index (χ3v) is 5.31. The van der Waals surface area contributed by atoms with Gasteiger partial charge in [-0.15, -0.1) is 11.3 Å². The highest BCUT2D eigenvalue weighted by Crippen LogP contribution is 2.24. The van der Waals surface area contributed by atoms with Gasteiger partial charge in [0, 0.05) is 24.4 Å². The molecule has 0 unspecified atom stereocenters. The van der Waals surface area contributed by atoms with Crippen LogP contribution in [-0.2, 0) is 4.79 Å². The van der Waals surface area contributed by atoms with Crippen LogP contribution in [0.1, 0.15) is 28.9 Å². The molecule has 0 bridgehead atoms. The van der Waals surface area contributed by atoms with Crippen molar-refractivity contribution in [1.82, 2.24) is 9.88 Å². The number of anilines is 1. The topological polar surface area (TPSA) is 62.3 Å². The summed E-state index contributed by atoms with van der Waals surface area (Å²) in [4.78, 5) is 30.8. The number of nitrogens with one attached hydrogen (secondary N) is 1. The summed E-state index contributed by atoms with van der Waals surface area (Å²) in [5, 5.41) is 5.86. The predicted octanol–water partition coefficient (Wildman–Crippen LogP) is 3.60. The molecule has 3 rings (SSSR count). The summed E-state index contributed by atoms with van der Waals surface area (Å²) >= 11 is 7.52. The summed E-state index contributed by atoms with van der Waals surface area (Å²) in [5.74, 6) is -0.186. The highest BCUT2D eigenvalue weighted by atomic mass is 35.5. The van der Waals surface area contributed by atoms with E-state index in [4.69, 9.17) is 11.6 Å². The Kier molecular flexibility index (Phi) is 5.16. The maximum absolute atomic E-state index is 12.5. The summed E-state index contributed by atoms with van der Waals surface area (Å²) in [6.07, 6.45) is 1.29. The van der Waals surface area contributed by atoms with Gasteiger partial charge in [-0.2, -0.15) is 0 Å². The van der Waals surface area contributed by atoms with Gasteiger partial charge < -0.3 is 10.2 Å². The minimum Gasteiger partial charge on any atom is -0.339 e. The number of carbonyl (C=O) groups is 2. The van der Waals surface area contributed by atoms with Crippen molar-refractivity contribution in [2.45, 2.75) is 19.8 Å². The lowest BCUT2D eigenvalue weighted by Crippen LogP contribution is -2.41. The third-order valence-electron chi connectivity index (χ3n) is 4.11. The van der Waals surface area contributed by atoms with Crippen LogP contribution >= 0.6 is 22.9 Å². The van der Waals surface area contributed by atoms with Crippen LogP contribution in [0.5, 0.6) is 0 Å². The Morgan fingerprint density at radius 1 is 1.29 bits per heavy atom. The van der Waals surface area contributed by atoms with Gasteiger partial charge in [-0.05, 0) is 31.9 Å². The fraction of sp³-hybridized carbons (Fsp3) is 0.353. The Balaban J connectivity index is 1.56. The first kappa shape index (κ1) is 16.9. The molecular weight excluding hydrogens is 346 g/mol. The average Bonchev–Trinajstić information content (AvgIpc) is 2.99. The summed E-state index contributed by atoms with van der Waals surface area (Å²) in [6, 6.07) is 7.05. The fourth-order valence-corrected chi connectivity index (χ4v) is 3.68. The van der Waals surface area contributed by atoms with Gasteiger partial charge in [-0.25, -0.2) is 4.98 Å².